The average Bonchev–Trinajstić information content (AvgIpc) is 2.99. The van der Waals surface area contributed by atoms with Crippen LogP contribution in [0.1, 0.15) is 29.6 Å². The number of benzene rings is 1. The summed E-state index contributed by atoms with van der Waals surface area (Å²) in [6.07, 6.45) is -0.621. The van der Waals surface area contributed by atoms with Gasteiger partial charge in [-0.05, 0) is 30.7 Å². The van der Waals surface area contributed by atoms with Gasteiger partial charge >= 0.3 is 5.97 Å². The van der Waals surface area contributed by atoms with E-state index < -0.39 is 53.9 Å². The van der Waals surface area contributed by atoms with Gasteiger partial charge in [0, 0.05) is 12.0 Å². The fraction of sp³-hybridized carbons (Fsp3) is 0.312. The highest BCUT2D eigenvalue weighted by molar-refractivity contribution is 6.17. The molecule has 25 heavy (non-hydrogen) atoms. The maximum absolute atomic E-state index is 13.0. The van der Waals surface area contributed by atoms with Crippen molar-refractivity contribution in [1.29, 1.82) is 0 Å². The summed E-state index contributed by atoms with van der Waals surface area (Å²) in [7, 11) is 0. The molecule has 2 aliphatic heterocycles. The van der Waals surface area contributed by atoms with Gasteiger partial charge in [0.25, 0.3) is 11.8 Å². The van der Waals surface area contributed by atoms with Crippen LogP contribution in [0.5, 0.6) is 0 Å². The summed E-state index contributed by atoms with van der Waals surface area (Å²) in [5.41, 5.74) is -1.71. The fourth-order valence-electron chi connectivity index (χ4n) is 3.26. The van der Waals surface area contributed by atoms with Gasteiger partial charge in [0.05, 0.1) is 6.42 Å². The van der Waals surface area contributed by atoms with Gasteiger partial charge in [-0.15, -0.1) is 0 Å². The summed E-state index contributed by atoms with van der Waals surface area (Å²) in [5, 5.41) is 8.84. The first-order valence-corrected chi connectivity index (χ1v) is 7.46. The molecule has 1 atom stereocenters. The number of aliphatic carboxylic acids is 1. The number of carbonyl (C=O) groups excluding carboxylic acids is 4. The number of carbonyl (C=O) groups is 5. The number of carboxylic acid groups (broad SMARTS) is 1. The molecule has 4 amide bonds. The Bertz CT molecular complexity index is 805. The Morgan fingerprint density at radius 3 is 2.36 bits per heavy atom. The van der Waals surface area contributed by atoms with Crippen molar-refractivity contribution >= 4 is 29.6 Å². The van der Waals surface area contributed by atoms with Crippen LogP contribution >= 0.6 is 0 Å². The molecule has 1 aromatic carbocycles. The summed E-state index contributed by atoms with van der Waals surface area (Å²) in [4.78, 5) is 61.8. The Labute approximate surface area is 140 Å². The molecule has 0 aliphatic carbocycles. The molecule has 1 unspecified atom stereocenters. The standard InChI is InChI=1S/C16H13FN2O6/c17-10-3-1-9(2-4-10)14(24)19-11(20)5-6-16(19)7-12(21)18(15(16)25)8-13(22)23/h1-4H,5-8H2,(H,22,23). The number of nitrogens with zero attached hydrogens (tertiary/aromatic N) is 2. The monoisotopic (exact) mass is 348 g/mol. The molecule has 2 saturated heterocycles. The highest BCUT2D eigenvalue weighted by Gasteiger charge is 2.61. The number of hydrogen-bond acceptors (Lipinski definition) is 5. The van der Waals surface area contributed by atoms with Gasteiger partial charge in [-0.1, -0.05) is 0 Å². The van der Waals surface area contributed by atoms with Crippen LogP contribution in [-0.2, 0) is 19.2 Å². The van der Waals surface area contributed by atoms with E-state index in [0.717, 1.165) is 17.0 Å². The van der Waals surface area contributed by atoms with Gasteiger partial charge in [0.15, 0.2) is 0 Å². The van der Waals surface area contributed by atoms with Crippen molar-refractivity contribution in [2.45, 2.75) is 24.8 Å². The summed E-state index contributed by atoms with van der Waals surface area (Å²) >= 11 is 0. The van der Waals surface area contributed by atoms with Gasteiger partial charge in [-0.3, -0.25) is 33.8 Å². The maximum atomic E-state index is 13.0. The SMILES string of the molecule is O=C(O)CN1C(=O)CC2(CCC(=O)N2C(=O)c2ccc(F)cc2)C1=O. The first kappa shape index (κ1) is 16.7. The molecule has 0 bridgehead atoms. The second kappa shape index (κ2) is 5.76. The number of hydrogen-bond donors (Lipinski definition) is 1. The zero-order valence-corrected chi connectivity index (χ0v) is 12.9. The smallest absolute Gasteiger partial charge is 0.323 e. The number of imide groups is 2. The predicted octanol–water partition coefficient (Wildman–Crippen LogP) is 0.171. The first-order valence-electron chi connectivity index (χ1n) is 7.46. The molecule has 1 spiro atoms. The topological polar surface area (TPSA) is 112 Å². The number of halogens is 1. The molecule has 2 aliphatic rings. The molecule has 9 heteroatoms. The van der Waals surface area contributed by atoms with E-state index >= 15 is 0 Å². The lowest BCUT2D eigenvalue weighted by Crippen LogP contribution is -2.54. The van der Waals surface area contributed by atoms with Gasteiger partial charge in [-0.2, -0.15) is 0 Å². The number of rotatable bonds is 3. The Morgan fingerprint density at radius 1 is 1.12 bits per heavy atom. The zero-order chi connectivity index (χ0) is 18.4. The molecular formula is C16H13FN2O6. The lowest BCUT2D eigenvalue weighted by Gasteiger charge is -2.30. The third-order valence-corrected chi connectivity index (χ3v) is 4.41. The summed E-state index contributed by atoms with van der Waals surface area (Å²) in [5.74, 6) is -5.02. The average molecular weight is 348 g/mol. The molecule has 0 saturated carbocycles. The van der Waals surface area contributed by atoms with Crippen LogP contribution in [0.4, 0.5) is 4.39 Å². The van der Waals surface area contributed by atoms with Crippen LogP contribution in [-0.4, -0.2) is 56.6 Å². The molecule has 130 valence electrons. The van der Waals surface area contributed by atoms with Crippen LogP contribution < -0.4 is 0 Å². The Hall–Kier alpha value is -3.10. The highest BCUT2D eigenvalue weighted by Crippen LogP contribution is 2.40. The quantitative estimate of drug-likeness (QED) is 0.780. The summed E-state index contributed by atoms with van der Waals surface area (Å²) < 4.78 is 13.0. The van der Waals surface area contributed by atoms with Crippen molar-refractivity contribution in [2.75, 3.05) is 6.54 Å². The second-order valence-corrected chi connectivity index (χ2v) is 5.93. The molecule has 2 heterocycles. The Morgan fingerprint density at radius 2 is 1.76 bits per heavy atom. The van der Waals surface area contributed by atoms with Crippen molar-refractivity contribution < 1.29 is 33.5 Å². The van der Waals surface area contributed by atoms with Gasteiger partial charge < -0.3 is 5.11 Å². The minimum atomic E-state index is -1.70. The lowest BCUT2D eigenvalue weighted by molar-refractivity contribution is -0.150. The van der Waals surface area contributed by atoms with E-state index in [1.165, 1.54) is 12.1 Å². The van der Waals surface area contributed by atoms with Crippen molar-refractivity contribution in [3.8, 4) is 0 Å². The number of likely N-dealkylation sites (tertiary alicyclic amines) is 2. The van der Waals surface area contributed by atoms with E-state index in [-0.39, 0.29) is 18.4 Å². The summed E-state index contributed by atoms with van der Waals surface area (Å²) in [6.45, 7) is -0.827. The largest absolute Gasteiger partial charge is 0.480 e. The summed E-state index contributed by atoms with van der Waals surface area (Å²) in [6, 6.07) is 4.43. The third kappa shape index (κ3) is 2.57. The van der Waals surface area contributed by atoms with Crippen LogP contribution in [0.15, 0.2) is 24.3 Å². The van der Waals surface area contributed by atoms with E-state index in [2.05, 4.69) is 0 Å². The van der Waals surface area contributed by atoms with Gasteiger partial charge in [0.1, 0.15) is 17.9 Å². The molecule has 0 aromatic heterocycles. The fourth-order valence-corrected chi connectivity index (χ4v) is 3.26. The van der Waals surface area contributed by atoms with Crippen LogP contribution in [0.2, 0.25) is 0 Å². The highest BCUT2D eigenvalue weighted by atomic mass is 19.1. The minimum Gasteiger partial charge on any atom is -0.480 e. The zero-order valence-electron chi connectivity index (χ0n) is 12.9. The van der Waals surface area contributed by atoms with Crippen LogP contribution in [0, 0.1) is 5.82 Å². The van der Waals surface area contributed by atoms with E-state index in [1.54, 1.807) is 0 Å². The predicted molar refractivity (Wildman–Crippen MR) is 78.5 cm³/mol. The van der Waals surface area contributed by atoms with E-state index in [0.29, 0.717) is 4.90 Å². The van der Waals surface area contributed by atoms with Crippen LogP contribution in [0.3, 0.4) is 0 Å². The molecule has 2 fully saturated rings. The van der Waals surface area contributed by atoms with Crippen molar-refractivity contribution in [3.05, 3.63) is 35.6 Å². The third-order valence-electron chi connectivity index (χ3n) is 4.41. The van der Waals surface area contributed by atoms with Gasteiger partial charge in [0.2, 0.25) is 11.8 Å². The molecular weight excluding hydrogens is 335 g/mol. The van der Waals surface area contributed by atoms with E-state index in [9.17, 15) is 28.4 Å². The molecule has 1 N–H and O–H groups in total. The number of carboxylic acids is 1. The minimum absolute atomic E-state index is 0.00652. The molecule has 8 nitrogen and oxygen atoms in total. The number of amides is 4. The first-order chi connectivity index (χ1) is 11.8. The molecule has 3 rings (SSSR count). The van der Waals surface area contributed by atoms with Gasteiger partial charge in [-0.25, -0.2) is 4.39 Å². The van der Waals surface area contributed by atoms with Crippen LogP contribution in [0.25, 0.3) is 0 Å². The van der Waals surface area contributed by atoms with Crippen molar-refractivity contribution in [2.24, 2.45) is 0 Å². The lowest BCUT2D eigenvalue weighted by atomic mass is 9.93. The Kier molecular flexibility index (Phi) is 3.86. The van der Waals surface area contributed by atoms with Crippen molar-refractivity contribution in [3.63, 3.8) is 0 Å². The van der Waals surface area contributed by atoms with Crippen molar-refractivity contribution in [1.82, 2.24) is 9.80 Å². The molecule has 0 radical (unpaired) electrons. The van der Waals surface area contributed by atoms with E-state index in [4.69, 9.17) is 5.11 Å². The normalized spacial score (nSPS) is 23.0. The Balaban J connectivity index is 1.98. The molecule has 1 aromatic rings. The maximum Gasteiger partial charge on any atom is 0.323 e. The second-order valence-electron chi connectivity index (χ2n) is 5.93. The van der Waals surface area contributed by atoms with E-state index in [1.807, 2.05) is 0 Å².